The molecule has 278 valence electrons. The molecule has 1 aliphatic carbocycles. The minimum Gasteiger partial charge on any atom is -0.462 e. The van der Waals surface area contributed by atoms with E-state index in [2.05, 4.69) is 13.8 Å². The molecule has 1 saturated carbocycles. The van der Waals surface area contributed by atoms with Crippen LogP contribution in [-0.2, 0) is 32.7 Å². The molecular weight excluding hydrogens is 635 g/mol. The first kappa shape index (κ1) is 43.9. The van der Waals surface area contributed by atoms with Crippen molar-refractivity contribution in [3.8, 4) is 0 Å². The number of aliphatic hydroxyl groups is 5. The van der Waals surface area contributed by atoms with Gasteiger partial charge in [-0.15, -0.1) is 0 Å². The van der Waals surface area contributed by atoms with Gasteiger partial charge in [-0.05, 0) is 12.8 Å². The number of hydrogen-bond acceptors (Lipinski definition) is 12. The lowest BCUT2D eigenvalue weighted by molar-refractivity contribution is -0.220. The lowest BCUT2D eigenvalue weighted by Crippen LogP contribution is -2.64. The molecule has 8 atom stereocenters. The van der Waals surface area contributed by atoms with Crippen LogP contribution in [0.3, 0.4) is 0 Å². The minimum atomic E-state index is -5.09. The molecule has 0 aromatic carbocycles. The molecule has 47 heavy (non-hydrogen) atoms. The van der Waals surface area contributed by atoms with E-state index < -0.39 is 75.7 Å². The van der Waals surface area contributed by atoms with Crippen molar-refractivity contribution in [1.82, 2.24) is 0 Å². The van der Waals surface area contributed by atoms with Gasteiger partial charge in [0.15, 0.2) is 6.10 Å². The fourth-order valence-corrected chi connectivity index (χ4v) is 6.43. The van der Waals surface area contributed by atoms with Crippen LogP contribution in [0.5, 0.6) is 0 Å². The van der Waals surface area contributed by atoms with Gasteiger partial charge < -0.3 is 39.9 Å². The van der Waals surface area contributed by atoms with Crippen molar-refractivity contribution in [2.24, 2.45) is 0 Å². The second kappa shape index (κ2) is 25.8. The Hall–Kier alpha value is -1.15. The zero-order chi connectivity index (χ0) is 35.1. The van der Waals surface area contributed by atoms with Gasteiger partial charge in [-0.2, -0.15) is 0 Å². The molecule has 1 rings (SSSR count). The van der Waals surface area contributed by atoms with Crippen molar-refractivity contribution in [3.05, 3.63) is 0 Å². The van der Waals surface area contributed by atoms with Crippen LogP contribution in [0.15, 0.2) is 0 Å². The zero-order valence-corrected chi connectivity index (χ0v) is 29.5. The summed E-state index contributed by atoms with van der Waals surface area (Å²) in [5, 5.41) is 49.7. The first-order chi connectivity index (χ1) is 22.4. The van der Waals surface area contributed by atoms with Crippen molar-refractivity contribution in [3.63, 3.8) is 0 Å². The van der Waals surface area contributed by atoms with Gasteiger partial charge in [-0.25, -0.2) is 4.57 Å². The predicted octanol–water partition coefficient (Wildman–Crippen LogP) is 4.60. The highest BCUT2D eigenvalue weighted by molar-refractivity contribution is 7.47. The third-order valence-corrected chi connectivity index (χ3v) is 9.43. The van der Waals surface area contributed by atoms with Crippen LogP contribution in [-0.4, -0.2) is 98.3 Å². The first-order valence-corrected chi connectivity index (χ1v) is 19.3. The molecule has 0 aromatic heterocycles. The van der Waals surface area contributed by atoms with Crippen LogP contribution >= 0.6 is 7.82 Å². The smallest absolute Gasteiger partial charge is 0.462 e. The number of rotatable bonds is 28. The summed E-state index contributed by atoms with van der Waals surface area (Å²) in [5.74, 6) is -1.10. The number of hydrogen-bond donors (Lipinski definition) is 6. The topological polar surface area (TPSA) is 210 Å². The molecule has 0 amide bonds. The zero-order valence-electron chi connectivity index (χ0n) is 28.6. The molecule has 0 radical (unpaired) electrons. The van der Waals surface area contributed by atoms with E-state index in [1.165, 1.54) is 57.8 Å². The second-order valence-corrected chi connectivity index (χ2v) is 14.1. The quantitative estimate of drug-likeness (QED) is 0.0375. The van der Waals surface area contributed by atoms with E-state index in [4.69, 9.17) is 18.5 Å². The first-order valence-electron chi connectivity index (χ1n) is 17.8. The maximum absolute atomic E-state index is 12.7. The Labute approximate surface area is 281 Å². The molecular formula is C33H63O13P. The Kier molecular flexibility index (Phi) is 24.1. The predicted molar refractivity (Wildman–Crippen MR) is 175 cm³/mol. The summed E-state index contributed by atoms with van der Waals surface area (Å²) >= 11 is 0. The molecule has 13 nitrogen and oxygen atoms in total. The molecule has 0 aromatic rings. The molecule has 6 N–H and O–H groups in total. The van der Waals surface area contributed by atoms with Gasteiger partial charge in [0.05, 0.1) is 6.61 Å². The van der Waals surface area contributed by atoms with Crippen molar-refractivity contribution in [1.29, 1.82) is 0 Å². The molecule has 1 aliphatic rings. The minimum absolute atomic E-state index is 0.102. The van der Waals surface area contributed by atoms with Crippen LogP contribution in [0.2, 0.25) is 0 Å². The Bertz CT molecular complexity index is 859. The van der Waals surface area contributed by atoms with Crippen molar-refractivity contribution >= 4 is 19.8 Å². The summed E-state index contributed by atoms with van der Waals surface area (Å²) in [7, 11) is -5.09. The third kappa shape index (κ3) is 19.6. The van der Waals surface area contributed by atoms with Crippen molar-refractivity contribution < 1.29 is 63.1 Å². The lowest BCUT2D eigenvalue weighted by Gasteiger charge is -2.41. The molecule has 0 bridgehead atoms. The highest BCUT2D eigenvalue weighted by Crippen LogP contribution is 2.47. The van der Waals surface area contributed by atoms with Crippen LogP contribution < -0.4 is 0 Å². The Balaban J connectivity index is 2.59. The molecule has 1 fully saturated rings. The van der Waals surface area contributed by atoms with Crippen LogP contribution in [0.25, 0.3) is 0 Å². The largest absolute Gasteiger partial charge is 0.472 e. The number of unbranched alkanes of at least 4 members (excludes halogenated alkanes) is 16. The molecule has 0 saturated heterocycles. The molecule has 6 unspecified atom stereocenters. The second-order valence-electron chi connectivity index (χ2n) is 12.7. The van der Waals surface area contributed by atoms with Gasteiger partial charge in [0, 0.05) is 12.8 Å². The van der Waals surface area contributed by atoms with E-state index in [0.29, 0.717) is 12.8 Å². The maximum Gasteiger partial charge on any atom is 0.472 e. The molecule has 0 heterocycles. The maximum atomic E-state index is 12.7. The molecule has 0 spiro atoms. The standard InChI is InChI=1S/C33H63O13P/c1-3-5-7-9-11-13-14-16-18-20-22-27(35)45-25(23-43-26(34)21-19-17-15-12-10-8-6-4-2)24-44-47(41,42)46-33-31(39)29(37)28(36)30(38)32(33)40/h25,28-33,36-40H,3-24H2,1-2H3,(H,41,42)/t25-,28?,29-,30?,31?,32?,33?/m1/s1. The Morgan fingerprint density at radius 3 is 1.40 bits per heavy atom. The summed E-state index contributed by atoms with van der Waals surface area (Å²) in [6, 6.07) is 0. The van der Waals surface area contributed by atoms with E-state index in [1.54, 1.807) is 0 Å². The Morgan fingerprint density at radius 1 is 0.574 bits per heavy atom. The van der Waals surface area contributed by atoms with E-state index in [9.17, 15) is 44.6 Å². The summed E-state index contributed by atoms with van der Waals surface area (Å²) in [5.41, 5.74) is 0. The van der Waals surface area contributed by atoms with Crippen molar-refractivity contribution in [2.75, 3.05) is 13.2 Å². The van der Waals surface area contributed by atoms with E-state index in [-0.39, 0.29) is 12.8 Å². The average molecular weight is 699 g/mol. The van der Waals surface area contributed by atoms with Crippen LogP contribution in [0.4, 0.5) is 0 Å². The summed E-state index contributed by atoms with van der Waals surface area (Å²) < 4.78 is 33.1. The van der Waals surface area contributed by atoms with Gasteiger partial charge >= 0.3 is 19.8 Å². The fourth-order valence-electron chi connectivity index (χ4n) is 5.46. The summed E-state index contributed by atoms with van der Waals surface area (Å²) in [6.45, 7) is 3.19. The van der Waals surface area contributed by atoms with Gasteiger partial charge in [-0.3, -0.25) is 18.6 Å². The third-order valence-electron chi connectivity index (χ3n) is 8.45. The van der Waals surface area contributed by atoms with Gasteiger partial charge in [-0.1, -0.05) is 117 Å². The molecule has 0 aliphatic heterocycles. The van der Waals surface area contributed by atoms with Crippen molar-refractivity contribution in [2.45, 2.75) is 185 Å². The fraction of sp³-hybridized carbons (Fsp3) is 0.939. The Morgan fingerprint density at radius 2 is 0.957 bits per heavy atom. The molecule has 14 heteroatoms. The number of carbonyl (C=O) groups excluding carboxylic acids is 2. The van der Waals surface area contributed by atoms with E-state index >= 15 is 0 Å². The van der Waals surface area contributed by atoms with Crippen LogP contribution in [0.1, 0.15) is 142 Å². The number of aliphatic hydroxyl groups excluding tert-OH is 5. The number of phosphoric ester groups is 1. The monoisotopic (exact) mass is 698 g/mol. The lowest BCUT2D eigenvalue weighted by atomic mass is 9.85. The van der Waals surface area contributed by atoms with Gasteiger partial charge in [0.2, 0.25) is 0 Å². The van der Waals surface area contributed by atoms with E-state index in [1.807, 2.05) is 0 Å². The van der Waals surface area contributed by atoms with Gasteiger partial charge in [0.25, 0.3) is 0 Å². The SMILES string of the molecule is CCCCCCCCCCCCC(=O)O[C@H](COC(=O)CCCCCCCCCC)COP(=O)(O)OC1C(O)C(O)C(O)[C@@H](O)C1O. The highest BCUT2D eigenvalue weighted by Gasteiger charge is 2.51. The van der Waals surface area contributed by atoms with E-state index in [0.717, 1.165) is 44.9 Å². The normalized spacial score (nSPS) is 24.9. The highest BCUT2D eigenvalue weighted by atomic mass is 31.2. The number of ether oxygens (including phenoxy) is 2. The van der Waals surface area contributed by atoms with Crippen LogP contribution in [0, 0.1) is 0 Å². The number of carbonyl (C=O) groups is 2. The summed E-state index contributed by atoms with van der Waals surface area (Å²) in [4.78, 5) is 35.2. The number of esters is 2. The van der Waals surface area contributed by atoms with Gasteiger partial charge in [0.1, 0.15) is 43.2 Å². The summed E-state index contributed by atoms with van der Waals surface area (Å²) in [6.07, 6.45) is 6.44. The average Bonchev–Trinajstić information content (AvgIpc) is 3.04. The number of phosphoric acid groups is 1.